The van der Waals surface area contributed by atoms with Crippen LogP contribution in [0.5, 0.6) is 0 Å². The van der Waals surface area contributed by atoms with Crippen molar-refractivity contribution in [2.75, 3.05) is 20.1 Å². The molecule has 0 radical (unpaired) electrons. The SMILES string of the molecule is CNCc1occc1CN1CCCC1. The molecule has 1 aliphatic rings. The second kappa shape index (κ2) is 4.62. The molecule has 2 heterocycles. The predicted octanol–water partition coefficient (Wildman–Crippen LogP) is 1.59. The standard InChI is InChI=1S/C11H18N2O/c1-12-8-11-10(4-7-14-11)9-13-5-2-3-6-13/h4,7,12H,2-3,5-6,8-9H2,1H3. The highest BCUT2D eigenvalue weighted by molar-refractivity contribution is 5.16. The highest BCUT2D eigenvalue weighted by atomic mass is 16.3. The lowest BCUT2D eigenvalue weighted by molar-refractivity contribution is 0.327. The average Bonchev–Trinajstić information content (AvgIpc) is 2.80. The quantitative estimate of drug-likeness (QED) is 0.789. The highest BCUT2D eigenvalue weighted by Gasteiger charge is 2.14. The molecule has 0 bridgehead atoms. The lowest BCUT2D eigenvalue weighted by atomic mass is 10.2. The Morgan fingerprint density at radius 3 is 2.93 bits per heavy atom. The van der Waals surface area contributed by atoms with Crippen LogP contribution in [0.25, 0.3) is 0 Å². The Bertz CT molecular complexity index is 277. The van der Waals surface area contributed by atoms with E-state index < -0.39 is 0 Å². The van der Waals surface area contributed by atoms with Crippen LogP contribution in [0.15, 0.2) is 16.7 Å². The summed E-state index contributed by atoms with van der Waals surface area (Å²) in [6, 6.07) is 2.09. The monoisotopic (exact) mass is 194 g/mol. The molecule has 0 atom stereocenters. The van der Waals surface area contributed by atoms with Gasteiger partial charge in [0.1, 0.15) is 5.76 Å². The first-order chi connectivity index (χ1) is 6.90. The van der Waals surface area contributed by atoms with Gasteiger partial charge in [-0.15, -0.1) is 0 Å². The fourth-order valence-electron chi connectivity index (χ4n) is 2.01. The van der Waals surface area contributed by atoms with Gasteiger partial charge in [0.05, 0.1) is 12.8 Å². The third-order valence-corrected chi connectivity index (χ3v) is 2.77. The first kappa shape index (κ1) is 9.74. The Kier molecular flexibility index (Phi) is 3.22. The van der Waals surface area contributed by atoms with Crippen molar-refractivity contribution in [3.05, 3.63) is 23.7 Å². The van der Waals surface area contributed by atoms with E-state index in [-0.39, 0.29) is 0 Å². The lowest BCUT2D eigenvalue weighted by Crippen LogP contribution is -2.19. The Morgan fingerprint density at radius 1 is 1.43 bits per heavy atom. The smallest absolute Gasteiger partial charge is 0.122 e. The maximum atomic E-state index is 5.43. The Labute approximate surface area is 85.1 Å². The Balaban J connectivity index is 1.96. The van der Waals surface area contributed by atoms with Crippen molar-refractivity contribution in [3.8, 4) is 0 Å². The summed E-state index contributed by atoms with van der Waals surface area (Å²) < 4.78 is 5.43. The van der Waals surface area contributed by atoms with Crippen molar-refractivity contribution < 1.29 is 4.42 Å². The van der Waals surface area contributed by atoms with Crippen LogP contribution in [-0.2, 0) is 13.1 Å². The number of hydrogen-bond acceptors (Lipinski definition) is 3. The summed E-state index contributed by atoms with van der Waals surface area (Å²) in [5.74, 6) is 1.08. The van der Waals surface area contributed by atoms with E-state index in [1.807, 2.05) is 7.05 Å². The van der Waals surface area contributed by atoms with Crippen molar-refractivity contribution in [2.24, 2.45) is 0 Å². The van der Waals surface area contributed by atoms with Crippen LogP contribution in [0.3, 0.4) is 0 Å². The molecule has 0 spiro atoms. The van der Waals surface area contributed by atoms with Crippen molar-refractivity contribution in [2.45, 2.75) is 25.9 Å². The normalized spacial score (nSPS) is 17.8. The molecule has 14 heavy (non-hydrogen) atoms. The average molecular weight is 194 g/mol. The van der Waals surface area contributed by atoms with Crippen LogP contribution >= 0.6 is 0 Å². The van der Waals surface area contributed by atoms with Crippen LogP contribution in [0, 0.1) is 0 Å². The van der Waals surface area contributed by atoms with E-state index in [0.717, 1.165) is 18.8 Å². The molecule has 1 saturated heterocycles. The van der Waals surface area contributed by atoms with Crippen LogP contribution < -0.4 is 5.32 Å². The van der Waals surface area contributed by atoms with E-state index in [1.165, 1.54) is 31.5 Å². The van der Waals surface area contributed by atoms with E-state index in [0.29, 0.717) is 0 Å². The largest absolute Gasteiger partial charge is 0.468 e. The summed E-state index contributed by atoms with van der Waals surface area (Å²) in [5, 5.41) is 3.12. The Hall–Kier alpha value is -0.800. The van der Waals surface area contributed by atoms with E-state index in [9.17, 15) is 0 Å². The second-order valence-corrected chi connectivity index (χ2v) is 3.88. The molecular weight excluding hydrogens is 176 g/mol. The molecule has 0 aliphatic carbocycles. The van der Waals surface area contributed by atoms with Gasteiger partial charge in [-0.2, -0.15) is 0 Å². The molecule has 2 rings (SSSR count). The zero-order valence-electron chi connectivity index (χ0n) is 8.75. The maximum absolute atomic E-state index is 5.43. The van der Waals surface area contributed by atoms with Crippen LogP contribution in [-0.4, -0.2) is 25.0 Å². The van der Waals surface area contributed by atoms with E-state index in [2.05, 4.69) is 16.3 Å². The summed E-state index contributed by atoms with van der Waals surface area (Å²) in [6.45, 7) is 4.36. The van der Waals surface area contributed by atoms with Gasteiger partial charge in [-0.3, -0.25) is 4.90 Å². The highest BCUT2D eigenvalue weighted by Crippen LogP contribution is 2.16. The molecule has 3 heteroatoms. The number of rotatable bonds is 4. The van der Waals surface area contributed by atoms with Crippen molar-refractivity contribution in [1.82, 2.24) is 10.2 Å². The fourth-order valence-corrected chi connectivity index (χ4v) is 2.01. The first-order valence-corrected chi connectivity index (χ1v) is 5.32. The minimum Gasteiger partial charge on any atom is -0.468 e. The molecular formula is C11H18N2O. The van der Waals surface area contributed by atoms with Gasteiger partial charge in [0.15, 0.2) is 0 Å². The molecule has 0 amide bonds. The van der Waals surface area contributed by atoms with Gasteiger partial charge >= 0.3 is 0 Å². The van der Waals surface area contributed by atoms with Crippen LogP contribution in [0.4, 0.5) is 0 Å². The van der Waals surface area contributed by atoms with Crippen molar-refractivity contribution in [1.29, 1.82) is 0 Å². The first-order valence-electron chi connectivity index (χ1n) is 5.32. The number of nitrogens with one attached hydrogen (secondary N) is 1. The Morgan fingerprint density at radius 2 is 2.21 bits per heavy atom. The number of hydrogen-bond donors (Lipinski definition) is 1. The predicted molar refractivity (Wildman–Crippen MR) is 56.0 cm³/mol. The van der Waals surface area contributed by atoms with Gasteiger partial charge in [0.25, 0.3) is 0 Å². The maximum Gasteiger partial charge on any atom is 0.122 e. The molecule has 0 unspecified atom stereocenters. The molecule has 3 nitrogen and oxygen atoms in total. The van der Waals surface area contributed by atoms with Crippen molar-refractivity contribution in [3.63, 3.8) is 0 Å². The zero-order chi connectivity index (χ0) is 9.80. The number of likely N-dealkylation sites (tertiary alicyclic amines) is 1. The topological polar surface area (TPSA) is 28.4 Å². The molecule has 1 aromatic heterocycles. The van der Waals surface area contributed by atoms with Gasteiger partial charge in [0, 0.05) is 12.1 Å². The fraction of sp³-hybridized carbons (Fsp3) is 0.636. The number of nitrogens with zero attached hydrogens (tertiary/aromatic N) is 1. The van der Waals surface area contributed by atoms with E-state index in [4.69, 9.17) is 4.42 Å². The van der Waals surface area contributed by atoms with Gasteiger partial charge < -0.3 is 9.73 Å². The molecule has 0 aromatic carbocycles. The van der Waals surface area contributed by atoms with Crippen LogP contribution in [0.2, 0.25) is 0 Å². The van der Waals surface area contributed by atoms with Crippen LogP contribution in [0.1, 0.15) is 24.2 Å². The summed E-state index contributed by atoms with van der Waals surface area (Å²) in [4.78, 5) is 2.49. The summed E-state index contributed by atoms with van der Waals surface area (Å²) >= 11 is 0. The van der Waals surface area contributed by atoms with Crippen molar-refractivity contribution >= 4 is 0 Å². The van der Waals surface area contributed by atoms with E-state index >= 15 is 0 Å². The zero-order valence-corrected chi connectivity index (χ0v) is 8.75. The molecule has 0 saturated carbocycles. The van der Waals surface area contributed by atoms with Gasteiger partial charge in [-0.25, -0.2) is 0 Å². The van der Waals surface area contributed by atoms with Gasteiger partial charge in [-0.1, -0.05) is 0 Å². The molecule has 78 valence electrons. The number of furan rings is 1. The molecule has 1 aromatic rings. The molecule has 1 fully saturated rings. The third-order valence-electron chi connectivity index (χ3n) is 2.77. The minimum atomic E-state index is 0.830. The summed E-state index contributed by atoms with van der Waals surface area (Å²) in [6.07, 6.45) is 4.48. The molecule has 1 aliphatic heterocycles. The third kappa shape index (κ3) is 2.16. The minimum absolute atomic E-state index is 0.830. The lowest BCUT2D eigenvalue weighted by Gasteiger charge is -2.13. The second-order valence-electron chi connectivity index (χ2n) is 3.88. The van der Waals surface area contributed by atoms with Gasteiger partial charge in [-0.05, 0) is 39.0 Å². The van der Waals surface area contributed by atoms with E-state index in [1.54, 1.807) is 6.26 Å². The summed E-state index contributed by atoms with van der Waals surface area (Å²) in [7, 11) is 1.95. The summed E-state index contributed by atoms with van der Waals surface area (Å²) in [5.41, 5.74) is 1.33. The molecule has 1 N–H and O–H groups in total. The van der Waals surface area contributed by atoms with Gasteiger partial charge in [0.2, 0.25) is 0 Å².